The maximum absolute atomic E-state index is 11.9. The normalized spacial score (nSPS) is 11.8. The summed E-state index contributed by atoms with van der Waals surface area (Å²) < 4.78 is 25.5. The summed E-state index contributed by atoms with van der Waals surface area (Å²) >= 11 is 2.75. The largest absolute Gasteiger partial charge is 0.277 e. The van der Waals surface area contributed by atoms with Gasteiger partial charge in [0, 0.05) is 5.41 Å². The van der Waals surface area contributed by atoms with Gasteiger partial charge in [-0.1, -0.05) is 54.2 Å². The molecule has 1 aromatic heterocycles. The standard InChI is InChI=1S/C17H15N3O3S3/c21-16(12-24-17-18-14-8-4-5-9-15(14)25-17)19-20-26(22,23)11-10-13-6-2-1-3-7-13/h1-11,20H,12H2,(H,19,21)/b11-10+. The summed E-state index contributed by atoms with van der Waals surface area (Å²) in [6.45, 7) is 0. The first-order chi connectivity index (χ1) is 12.5. The van der Waals surface area contributed by atoms with Crippen LogP contribution in [0, 0.1) is 0 Å². The molecule has 0 atom stereocenters. The van der Waals surface area contributed by atoms with E-state index in [9.17, 15) is 13.2 Å². The van der Waals surface area contributed by atoms with Crippen LogP contribution in [0.3, 0.4) is 0 Å². The van der Waals surface area contributed by atoms with Crippen LogP contribution >= 0.6 is 23.1 Å². The fourth-order valence-electron chi connectivity index (χ4n) is 1.97. The minimum Gasteiger partial charge on any atom is -0.277 e. The van der Waals surface area contributed by atoms with E-state index in [-0.39, 0.29) is 5.75 Å². The van der Waals surface area contributed by atoms with Crippen molar-refractivity contribution in [3.05, 3.63) is 65.6 Å². The number of nitrogens with one attached hydrogen (secondary N) is 2. The number of benzene rings is 2. The highest BCUT2D eigenvalue weighted by Crippen LogP contribution is 2.28. The highest BCUT2D eigenvalue weighted by Gasteiger charge is 2.10. The summed E-state index contributed by atoms with van der Waals surface area (Å²) in [4.78, 5) is 18.3. The number of carbonyl (C=O) groups is 1. The molecule has 0 unspecified atom stereocenters. The number of amides is 1. The molecular weight excluding hydrogens is 390 g/mol. The molecule has 134 valence electrons. The number of para-hydroxylation sites is 1. The Morgan fingerprint density at radius 1 is 1.12 bits per heavy atom. The molecule has 3 rings (SSSR count). The Balaban J connectivity index is 1.49. The highest BCUT2D eigenvalue weighted by atomic mass is 32.2. The zero-order valence-corrected chi connectivity index (χ0v) is 15.9. The predicted molar refractivity (Wildman–Crippen MR) is 106 cm³/mol. The monoisotopic (exact) mass is 405 g/mol. The molecule has 2 N–H and O–H groups in total. The molecule has 0 aliphatic carbocycles. The van der Waals surface area contributed by atoms with E-state index in [1.54, 1.807) is 24.3 Å². The Morgan fingerprint density at radius 2 is 1.85 bits per heavy atom. The van der Waals surface area contributed by atoms with Crippen molar-refractivity contribution in [2.24, 2.45) is 0 Å². The van der Waals surface area contributed by atoms with Gasteiger partial charge in [0.2, 0.25) is 5.91 Å². The molecule has 9 heteroatoms. The maximum Gasteiger partial charge on any atom is 0.250 e. The lowest BCUT2D eigenvalue weighted by Gasteiger charge is -2.04. The Hall–Kier alpha value is -2.20. The molecule has 6 nitrogen and oxygen atoms in total. The average molecular weight is 406 g/mol. The van der Waals surface area contributed by atoms with Crippen molar-refractivity contribution in [1.82, 2.24) is 15.2 Å². The average Bonchev–Trinajstić information content (AvgIpc) is 3.07. The van der Waals surface area contributed by atoms with E-state index in [0.717, 1.165) is 25.5 Å². The number of fused-ring (bicyclic) bond motifs is 1. The zero-order valence-electron chi connectivity index (χ0n) is 13.5. The van der Waals surface area contributed by atoms with Gasteiger partial charge >= 0.3 is 0 Å². The molecule has 0 aliphatic heterocycles. The van der Waals surface area contributed by atoms with E-state index in [2.05, 4.69) is 10.4 Å². The van der Waals surface area contributed by atoms with Gasteiger partial charge < -0.3 is 0 Å². The van der Waals surface area contributed by atoms with Gasteiger partial charge in [0.05, 0.1) is 16.0 Å². The molecule has 0 spiro atoms. The molecule has 2 aromatic carbocycles. The molecule has 0 aliphatic rings. The van der Waals surface area contributed by atoms with Crippen molar-refractivity contribution in [2.45, 2.75) is 4.34 Å². The van der Waals surface area contributed by atoms with Crippen LogP contribution in [0.4, 0.5) is 0 Å². The number of carbonyl (C=O) groups excluding carboxylic acids is 1. The number of sulfonamides is 1. The first kappa shape index (κ1) is 18.6. The van der Waals surface area contributed by atoms with Crippen LogP contribution in [0.2, 0.25) is 0 Å². The molecule has 0 fully saturated rings. The second kappa shape index (κ2) is 8.45. The lowest BCUT2D eigenvalue weighted by molar-refractivity contribution is -0.119. The van der Waals surface area contributed by atoms with Gasteiger partial charge in [-0.2, -0.15) is 0 Å². The summed E-state index contributed by atoms with van der Waals surface area (Å²) in [6.07, 6.45) is 1.45. The maximum atomic E-state index is 11.9. The number of hydrazine groups is 1. The number of hydrogen-bond acceptors (Lipinski definition) is 6. The van der Waals surface area contributed by atoms with E-state index in [1.807, 2.05) is 35.2 Å². The number of thioether (sulfide) groups is 1. The summed E-state index contributed by atoms with van der Waals surface area (Å²) in [5.41, 5.74) is 3.82. The molecule has 3 aromatic rings. The van der Waals surface area contributed by atoms with E-state index in [4.69, 9.17) is 0 Å². The Labute approximate surface area is 159 Å². The number of rotatable bonds is 7. The minimum absolute atomic E-state index is 0.0603. The quantitative estimate of drug-likeness (QED) is 0.466. The van der Waals surface area contributed by atoms with Crippen LogP contribution in [0.5, 0.6) is 0 Å². The molecule has 0 saturated heterocycles. The molecule has 1 heterocycles. The Morgan fingerprint density at radius 3 is 2.62 bits per heavy atom. The van der Waals surface area contributed by atoms with Crippen LogP contribution in [0.1, 0.15) is 5.56 Å². The summed E-state index contributed by atoms with van der Waals surface area (Å²) in [6, 6.07) is 16.7. The SMILES string of the molecule is O=C(CSc1nc2ccccc2s1)NNS(=O)(=O)/C=C/c1ccccc1. The van der Waals surface area contributed by atoms with Crippen molar-refractivity contribution in [3.63, 3.8) is 0 Å². The van der Waals surface area contributed by atoms with E-state index >= 15 is 0 Å². The Kier molecular flexibility index (Phi) is 6.04. The predicted octanol–water partition coefficient (Wildman–Crippen LogP) is 3.01. The number of nitrogens with zero attached hydrogens (tertiary/aromatic N) is 1. The van der Waals surface area contributed by atoms with E-state index in [0.29, 0.717) is 0 Å². The van der Waals surface area contributed by atoms with Gasteiger partial charge in [-0.3, -0.25) is 10.2 Å². The molecule has 0 bridgehead atoms. The van der Waals surface area contributed by atoms with Crippen molar-refractivity contribution >= 4 is 55.3 Å². The van der Waals surface area contributed by atoms with Crippen molar-refractivity contribution in [1.29, 1.82) is 0 Å². The van der Waals surface area contributed by atoms with Crippen LogP contribution in [-0.4, -0.2) is 25.1 Å². The smallest absolute Gasteiger partial charge is 0.250 e. The third-order valence-corrected chi connectivity index (χ3v) is 6.23. The van der Waals surface area contributed by atoms with Crippen molar-refractivity contribution < 1.29 is 13.2 Å². The molecule has 0 saturated carbocycles. The number of thiazole rings is 1. The zero-order chi connectivity index (χ0) is 18.4. The third kappa shape index (κ3) is 5.40. The van der Waals surface area contributed by atoms with Gasteiger partial charge in [0.1, 0.15) is 0 Å². The van der Waals surface area contributed by atoms with Gasteiger partial charge in [0.25, 0.3) is 10.0 Å². The topological polar surface area (TPSA) is 88.2 Å². The van der Waals surface area contributed by atoms with Gasteiger partial charge in [0.15, 0.2) is 4.34 Å². The van der Waals surface area contributed by atoms with Crippen molar-refractivity contribution in [3.8, 4) is 0 Å². The first-order valence-corrected chi connectivity index (χ1v) is 10.9. The van der Waals surface area contributed by atoms with E-state index in [1.165, 1.54) is 29.2 Å². The van der Waals surface area contributed by atoms with Crippen LogP contribution in [-0.2, 0) is 14.8 Å². The number of aromatic nitrogens is 1. The molecular formula is C17H15N3O3S3. The minimum atomic E-state index is -3.76. The lowest BCUT2D eigenvalue weighted by Crippen LogP contribution is -2.41. The van der Waals surface area contributed by atoms with Crippen LogP contribution in [0.15, 0.2) is 64.3 Å². The summed E-state index contributed by atoms with van der Waals surface area (Å²) in [7, 11) is -3.76. The second-order valence-corrected chi connectivity index (χ2v) is 8.96. The molecule has 1 amide bonds. The highest BCUT2D eigenvalue weighted by molar-refractivity contribution is 8.01. The van der Waals surface area contributed by atoms with E-state index < -0.39 is 15.9 Å². The van der Waals surface area contributed by atoms with Crippen LogP contribution < -0.4 is 10.3 Å². The third-order valence-electron chi connectivity index (χ3n) is 3.17. The summed E-state index contributed by atoms with van der Waals surface area (Å²) in [5.74, 6) is -0.393. The van der Waals surface area contributed by atoms with Crippen LogP contribution in [0.25, 0.3) is 16.3 Å². The fraction of sp³-hybridized carbons (Fsp3) is 0.0588. The molecule has 26 heavy (non-hydrogen) atoms. The number of hydrogen-bond donors (Lipinski definition) is 2. The summed E-state index contributed by atoms with van der Waals surface area (Å²) in [5, 5.41) is 1.00. The first-order valence-electron chi connectivity index (χ1n) is 7.54. The Bertz CT molecular complexity index is 998. The fourth-order valence-corrected chi connectivity index (χ4v) is 4.50. The molecule has 0 radical (unpaired) electrons. The second-order valence-electron chi connectivity index (χ2n) is 5.14. The lowest BCUT2D eigenvalue weighted by atomic mass is 10.2. The van der Waals surface area contributed by atoms with Gasteiger partial charge in [-0.05, 0) is 23.8 Å². The van der Waals surface area contributed by atoms with Crippen molar-refractivity contribution in [2.75, 3.05) is 5.75 Å². The van der Waals surface area contributed by atoms with Gasteiger partial charge in [-0.15, -0.1) is 16.2 Å². The van der Waals surface area contributed by atoms with Gasteiger partial charge in [-0.25, -0.2) is 13.4 Å².